The molecule has 1 N–H and O–H groups in total. The van der Waals surface area contributed by atoms with Crippen LogP contribution in [-0.2, 0) is 12.8 Å². The number of aromatic amines is 1. The second-order valence-corrected chi connectivity index (χ2v) is 7.84. The van der Waals surface area contributed by atoms with E-state index in [1.54, 1.807) is 26.1 Å². The van der Waals surface area contributed by atoms with Crippen molar-refractivity contribution in [3.8, 4) is 11.6 Å². The summed E-state index contributed by atoms with van der Waals surface area (Å²) in [6.45, 7) is 6.22. The van der Waals surface area contributed by atoms with Gasteiger partial charge >= 0.3 is 0 Å². The Balaban J connectivity index is 1.49. The first-order chi connectivity index (χ1) is 14.9. The molecule has 0 saturated carbocycles. The normalized spacial score (nSPS) is 11.3. The van der Waals surface area contributed by atoms with Gasteiger partial charge in [-0.25, -0.2) is 4.39 Å². The van der Waals surface area contributed by atoms with Crippen LogP contribution in [0.25, 0.3) is 22.5 Å². The lowest BCUT2D eigenvalue weighted by Gasteiger charge is -2.16. The van der Waals surface area contributed by atoms with E-state index < -0.39 is 0 Å². The Morgan fingerprint density at radius 3 is 2.74 bits per heavy atom. The predicted molar refractivity (Wildman–Crippen MR) is 118 cm³/mol. The highest BCUT2D eigenvalue weighted by Gasteiger charge is 2.19. The molecule has 0 unspecified atom stereocenters. The van der Waals surface area contributed by atoms with Gasteiger partial charge in [0.25, 0.3) is 11.8 Å². The summed E-state index contributed by atoms with van der Waals surface area (Å²) < 4.78 is 19.3. The molecule has 2 aromatic carbocycles. The second kappa shape index (κ2) is 8.34. The van der Waals surface area contributed by atoms with Gasteiger partial charge in [-0.2, -0.15) is 4.98 Å². The maximum atomic E-state index is 13.8. The van der Waals surface area contributed by atoms with Gasteiger partial charge in [0.15, 0.2) is 5.82 Å². The van der Waals surface area contributed by atoms with E-state index in [0.717, 1.165) is 28.6 Å². The van der Waals surface area contributed by atoms with Gasteiger partial charge in [-0.15, -0.1) is 0 Å². The number of benzene rings is 2. The van der Waals surface area contributed by atoms with E-state index in [1.807, 2.05) is 0 Å². The molecule has 160 valence electrons. The number of H-pyrrole nitrogens is 1. The molecule has 0 aliphatic rings. The average molecular weight is 420 g/mol. The summed E-state index contributed by atoms with van der Waals surface area (Å²) in [5.74, 6) is 0.320. The summed E-state index contributed by atoms with van der Waals surface area (Å²) >= 11 is 0. The fourth-order valence-electron chi connectivity index (χ4n) is 3.68. The van der Waals surface area contributed by atoms with Gasteiger partial charge in [-0.05, 0) is 55.7 Å². The van der Waals surface area contributed by atoms with Crippen LogP contribution >= 0.6 is 0 Å². The molecule has 2 heterocycles. The molecule has 0 spiro atoms. The van der Waals surface area contributed by atoms with Crippen molar-refractivity contribution in [2.75, 3.05) is 13.6 Å². The zero-order valence-corrected chi connectivity index (χ0v) is 18.1. The number of carbonyl (C=O) groups is 1. The molecule has 7 heteroatoms. The first-order valence-corrected chi connectivity index (χ1v) is 10.3. The van der Waals surface area contributed by atoms with Crippen molar-refractivity contribution in [1.29, 1.82) is 0 Å². The van der Waals surface area contributed by atoms with Gasteiger partial charge < -0.3 is 14.4 Å². The zero-order chi connectivity index (χ0) is 22.1. The van der Waals surface area contributed by atoms with Gasteiger partial charge in [0, 0.05) is 36.5 Å². The van der Waals surface area contributed by atoms with E-state index in [9.17, 15) is 9.18 Å². The summed E-state index contributed by atoms with van der Waals surface area (Å²) in [6.07, 6.45) is 1.27. The van der Waals surface area contributed by atoms with E-state index in [0.29, 0.717) is 35.8 Å². The number of nitrogens with one attached hydrogen (secondary N) is 1. The van der Waals surface area contributed by atoms with E-state index in [-0.39, 0.29) is 11.7 Å². The van der Waals surface area contributed by atoms with Crippen LogP contribution in [0.2, 0.25) is 0 Å². The number of carbonyl (C=O) groups excluding carboxylic acids is 1. The first kappa shape index (κ1) is 20.8. The van der Waals surface area contributed by atoms with Crippen LogP contribution in [0.15, 0.2) is 40.9 Å². The van der Waals surface area contributed by atoms with Crippen molar-refractivity contribution in [2.45, 2.75) is 33.6 Å². The van der Waals surface area contributed by atoms with Crippen LogP contribution < -0.4 is 0 Å². The largest absolute Gasteiger partial charge is 0.350 e. The number of halogens is 1. The smallest absolute Gasteiger partial charge is 0.274 e. The summed E-state index contributed by atoms with van der Waals surface area (Å²) in [7, 11) is 1.68. The maximum absolute atomic E-state index is 13.8. The third kappa shape index (κ3) is 4.08. The number of hydrogen-bond acceptors (Lipinski definition) is 4. The van der Waals surface area contributed by atoms with E-state index in [2.05, 4.69) is 47.2 Å². The maximum Gasteiger partial charge on any atom is 0.274 e. The summed E-state index contributed by atoms with van der Waals surface area (Å²) in [5.41, 5.74) is 5.04. The van der Waals surface area contributed by atoms with Gasteiger partial charge in [-0.3, -0.25) is 4.79 Å². The lowest BCUT2D eigenvalue weighted by molar-refractivity contribution is 0.0795. The summed E-state index contributed by atoms with van der Waals surface area (Å²) in [6, 6.07) is 10.8. The molecule has 0 radical (unpaired) electrons. The molecular weight excluding hydrogens is 395 g/mol. The van der Waals surface area contributed by atoms with Gasteiger partial charge in [0.1, 0.15) is 11.5 Å². The Bertz CT molecular complexity index is 1260. The molecule has 0 fully saturated rings. The third-order valence-corrected chi connectivity index (χ3v) is 5.53. The molecule has 4 rings (SSSR count). The topological polar surface area (TPSA) is 75.0 Å². The van der Waals surface area contributed by atoms with Crippen molar-refractivity contribution in [3.63, 3.8) is 0 Å². The minimum atomic E-state index is -0.387. The quantitative estimate of drug-likeness (QED) is 0.484. The molecule has 2 aromatic heterocycles. The van der Waals surface area contributed by atoms with Crippen molar-refractivity contribution < 1.29 is 13.7 Å². The van der Waals surface area contributed by atoms with Crippen LogP contribution in [0.4, 0.5) is 4.39 Å². The van der Waals surface area contributed by atoms with Crippen LogP contribution in [-0.4, -0.2) is 39.5 Å². The zero-order valence-electron chi connectivity index (χ0n) is 18.1. The number of fused-ring (bicyclic) bond motifs is 1. The Hall–Kier alpha value is -3.48. The molecule has 4 aromatic rings. The third-order valence-electron chi connectivity index (χ3n) is 5.53. The Labute approximate surface area is 180 Å². The van der Waals surface area contributed by atoms with Crippen molar-refractivity contribution in [2.24, 2.45) is 0 Å². The van der Waals surface area contributed by atoms with Gasteiger partial charge in [0.05, 0.1) is 0 Å². The standard InChI is InChI=1S/C24H25FN4O2/c1-5-17-18-12-14(2)6-9-20(18)26-22(17)23-27-21(28-31-23)10-11-29(4)24(30)16-8-7-15(3)19(25)13-16/h6-9,12-13,26H,5,10-11H2,1-4H3. The predicted octanol–water partition coefficient (Wildman–Crippen LogP) is 4.85. The SMILES string of the molecule is CCc1c(-c2nc(CCN(C)C(=O)c3ccc(C)c(F)c3)no2)[nH]c2ccc(C)cc12. The van der Waals surface area contributed by atoms with Crippen LogP contribution in [0.1, 0.15) is 39.8 Å². The lowest BCUT2D eigenvalue weighted by Crippen LogP contribution is -2.29. The van der Waals surface area contributed by atoms with Crippen molar-refractivity contribution in [3.05, 3.63) is 70.3 Å². The molecule has 0 aliphatic carbocycles. The summed E-state index contributed by atoms with van der Waals surface area (Å²) in [5, 5.41) is 5.24. The van der Waals surface area contributed by atoms with E-state index in [4.69, 9.17) is 4.52 Å². The van der Waals surface area contributed by atoms with E-state index in [1.165, 1.54) is 16.5 Å². The molecule has 0 saturated heterocycles. The minimum Gasteiger partial charge on any atom is -0.350 e. The molecule has 1 amide bonds. The minimum absolute atomic E-state index is 0.248. The fraction of sp³-hybridized carbons (Fsp3) is 0.292. The first-order valence-electron chi connectivity index (χ1n) is 10.3. The van der Waals surface area contributed by atoms with Gasteiger partial charge in [-0.1, -0.05) is 29.8 Å². The second-order valence-electron chi connectivity index (χ2n) is 7.84. The van der Waals surface area contributed by atoms with E-state index >= 15 is 0 Å². The van der Waals surface area contributed by atoms with Gasteiger partial charge in [0.2, 0.25) is 0 Å². The monoisotopic (exact) mass is 420 g/mol. The number of aryl methyl sites for hydroxylation is 3. The highest BCUT2D eigenvalue weighted by atomic mass is 19.1. The van der Waals surface area contributed by atoms with Crippen LogP contribution in [0, 0.1) is 19.7 Å². The number of aromatic nitrogens is 3. The molecular formula is C24H25FN4O2. The molecule has 0 bridgehead atoms. The summed E-state index contributed by atoms with van der Waals surface area (Å²) in [4.78, 5) is 22.0. The molecule has 0 aliphatic heterocycles. The molecule has 6 nitrogen and oxygen atoms in total. The number of amides is 1. The average Bonchev–Trinajstić information content (AvgIpc) is 3.37. The Morgan fingerprint density at radius 2 is 2.00 bits per heavy atom. The van der Waals surface area contributed by atoms with Crippen LogP contribution in [0.3, 0.4) is 0 Å². The highest BCUT2D eigenvalue weighted by Crippen LogP contribution is 2.30. The number of nitrogens with zero attached hydrogens (tertiary/aromatic N) is 3. The highest BCUT2D eigenvalue weighted by molar-refractivity contribution is 5.94. The van der Waals surface area contributed by atoms with Crippen molar-refractivity contribution >= 4 is 16.8 Å². The van der Waals surface area contributed by atoms with Crippen molar-refractivity contribution in [1.82, 2.24) is 20.0 Å². The molecule has 31 heavy (non-hydrogen) atoms. The fourth-order valence-corrected chi connectivity index (χ4v) is 3.68. The number of likely N-dealkylation sites (N-methyl/N-ethyl adjacent to an activating group) is 1. The van der Waals surface area contributed by atoms with Crippen LogP contribution in [0.5, 0.6) is 0 Å². The Morgan fingerprint density at radius 1 is 1.19 bits per heavy atom. The number of rotatable bonds is 6. The Kier molecular flexibility index (Phi) is 5.59. The lowest BCUT2D eigenvalue weighted by atomic mass is 10.1. The molecule has 0 atom stereocenters. The number of hydrogen-bond donors (Lipinski definition) is 1.